The van der Waals surface area contributed by atoms with E-state index in [1.165, 1.54) is 308 Å². The van der Waals surface area contributed by atoms with Gasteiger partial charge in [0, 0.05) is 12.8 Å². The third-order valence-corrected chi connectivity index (χ3v) is 16.1. The molecule has 0 aliphatic heterocycles. The third kappa shape index (κ3) is 63.1. The molecule has 0 aliphatic carbocycles. The smallest absolute Gasteiger partial charge is 0.305 e. The first kappa shape index (κ1) is 75.1. The van der Waals surface area contributed by atoms with E-state index in [1.54, 1.807) is 6.08 Å². The number of ether oxygens (including phenoxy) is 1. The standard InChI is InChI=1S/C71H135NO5/c1-3-5-7-9-11-13-15-17-36-39-43-47-51-55-59-63-69(74)68(67-73)72-70(75)64-60-56-52-48-44-40-37-34-32-30-28-26-24-22-20-19-21-23-25-27-29-31-33-35-38-42-46-50-54-58-62-66-77-71(76)65-61-57-53-49-45-41-18-16-14-12-10-8-6-4-2/h16,18,21,23,59,63,68-69,73-74H,3-15,17,19-20,22,24-58,60-62,64-67H2,1-2H3,(H,72,75)/b18-16-,23-21-,63-59+. The third-order valence-electron chi connectivity index (χ3n) is 16.1. The summed E-state index contributed by atoms with van der Waals surface area (Å²) < 4.78 is 5.48. The fourth-order valence-corrected chi connectivity index (χ4v) is 10.8. The number of esters is 1. The minimum absolute atomic E-state index is 0.00906. The molecule has 77 heavy (non-hydrogen) atoms. The van der Waals surface area contributed by atoms with Gasteiger partial charge in [-0.15, -0.1) is 0 Å². The summed E-state index contributed by atoms with van der Waals surface area (Å²) in [6.45, 7) is 4.92. The molecular formula is C71H135NO5. The van der Waals surface area contributed by atoms with Crippen molar-refractivity contribution in [3.8, 4) is 0 Å². The summed E-state index contributed by atoms with van der Waals surface area (Å²) in [6, 6.07) is -0.626. The second kappa shape index (κ2) is 66.6. The second-order valence-corrected chi connectivity index (χ2v) is 23.9. The summed E-state index contributed by atoms with van der Waals surface area (Å²) in [5.41, 5.74) is 0. The zero-order valence-electron chi connectivity index (χ0n) is 52.0. The van der Waals surface area contributed by atoms with Crippen LogP contribution in [0, 0.1) is 0 Å². The lowest BCUT2D eigenvalue weighted by Gasteiger charge is -2.20. The van der Waals surface area contributed by atoms with E-state index in [4.69, 9.17) is 4.74 Å². The number of allylic oxidation sites excluding steroid dienone is 5. The van der Waals surface area contributed by atoms with Crippen LogP contribution in [-0.4, -0.2) is 47.4 Å². The molecule has 0 saturated carbocycles. The van der Waals surface area contributed by atoms with Crippen LogP contribution in [-0.2, 0) is 14.3 Å². The van der Waals surface area contributed by atoms with Gasteiger partial charge in [0.15, 0.2) is 0 Å². The molecule has 2 unspecified atom stereocenters. The number of rotatable bonds is 65. The van der Waals surface area contributed by atoms with Gasteiger partial charge >= 0.3 is 5.97 Å². The predicted molar refractivity (Wildman–Crippen MR) is 338 cm³/mol. The van der Waals surface area contributed by atoms with Crippen molar-refractivity contribution >= 4 is 11.9 Å². The molecule has 6 heteroatoms. The van der Waals surface area contributed by atoms with Crippen LogP contribution in [0.3, 0.4) is 0 Å². The first-order valence-corrected chi connectivity index (χ1v) is 34.8. The highest BCUT2D eigenvalue weighted by Crippen LogP contribution is 2.18. The fourth-order valence-electron chi connectivity index (χ4n) is 10.8. The number of hydrogen-bond acceptors (Lipinski definition) is 5. The van der Waals surface area contributed by atoms with E-state index in [1.807, 2.05) is 6.08 Å². The van der Waals surface area contributed by atoms with E-state index < -0.39 is 12.1 Å². The molecule has 0 rings (SSSR count). The molecule has 454 valence electrons. The highest BCUT2D eigenvalue weighted by atomic mass is 16.5. The Balaban J connectivity index is 3.37. The SMILES string of the molecule is CCCCCCC/C=C\CCCCCCCC(=O)OCCCCCCCCCCCCCC/C=C\CCCCCCCCCCCCCCCCCC(=O)NC(CO)C(O)/C=C/CCCCCCCCCCCCCCC. The molecule has 0 saturated heterocycles. The Kier molecular flexibility index (Phi) is 64.9. The summed E-state index contributed by atoms with van der Waals surface area (Å²) in [5, 5.41) is 23.2. The lowest BCUT2D eigenvalue weighted by molar-refractivity contribution is -0.143. The number of unbranched alkanes of at least 4 members (excludes halogenated alkanes) is 50. The van der Waals surface area contributed by atoms with E-state index in [-0.39, 0.29) is 18.5 Å². The monoisotopic (exact) mass is 1080 g/mol. The topological polar surface area (TPSA) is 95.9 Å². The van der Waals surface area contributed by atoms with Crippen molar-refractivity contribution in [3.63, 3.8) is 0 Å². The highest BCUT2D eigenvalue weighted by molar-refractivity contribution is 5.76. The van der Waals surface area contributed by atoms with E-state index in [0.29, 0.717) is 19.4 Å². The lowest BCUT2D eigenvalue weighted by atomic mass is 10.0. The second-order valence-electron chi connectivity index (χ2n) is 23.9. The van der Waals surface area contributed by atoms with Crippen LogP contribution >= 0.6 is 0 Å². The number of amides is 1. The molecular weight excluding hydrogens is 947 g/mol. The van der Waals surface area contributed by atoms with Crippen molar-refractivity contribution in [2.75, 3.05) is 13.2 Å². The van der Waals surface area contributed by atoms with Crippen molar-refractivity contribution in [1.29, 1.82) is 0 Å². The number of aliphatic hydroxyl groups is 2. The molecule has 0 fully saturated rings. The Bertz CT molecular complexity index is 1250. The molecule has 0 radical (unpaired) electrons. The predicted octanol–water partition coefficient (Wildman–Crippen LogP) is 22.3. The normalized spacial score (nSPS) is 12.7. The summed E-state index contributed by atoms with van der Waals surface area (Å²) in [4.78, 5) is 24.5. The average Bonchev–Trinajstić information content (AvgIpc) is 3.43. The van der Waals surface area contributed by atoms with Crippen molar-refractivity contribution in [1.82, 2.24) is 5.32 Å². The first-order chi connectivity index (χ1) is 38.0. The summed E-state index contributed by atoms with van der Waals surface area (Å²) in [7, 11) is 0. The van der Waals surface area contributed by atoms with E-state index >= 15 is 0 Å². The van der Waals surface area contributed by atoms with Crippen LogP contribution in [0.4, 0.5) is 0 Å². The van der Waals surface area contributed by atoms with Gasteiger partial charge in [-0.05, 0) is 83.5 Å². The summed E-state index contributed by atoms with van der Waals surface area (Å²) in [6.07, 6.45) is 85.1. The Morgan fingerprint density at radius 3 is 0.922 bits per heavy atom. The number of hydrogen-bond donors (Lipinski definition) is 3. The maximum Gasteiger partial charge on any atom is 0.305 e. The van der Waals surface area contributed by atoms with Gasteiger partial charge < -0.3 is 20.3 Å². The van der Waals surface area contributed by atoms with Gasteiger partial charge in [0.1, 0.15) is 0 Å². The Morgan fingerprint density at radius 1 is 0.351 bits per heavy atom. The number of carbonyl (C=O) groups is 2. The molecule has 1 amide bonds. The van der Waals surface area contributed by atoms with Gasteiger partial charge in [0.2, 0.25) is 5.91 Å². The van der Waals surface area contributed by atoms with Gasteiger partial charge in [-0.1, -0.05) is 320 Å². The molecule has 0 aromatic heterocycles. The quantitative estimate of drug-likeness (QED) is 0.0320. The molecule has 0 heterocycles. The first-order valence-electron chi connectivity index (χ1n) is 34.8. The van der Waals surface area contributed by atoms with Crippen molar-refractivity contribution < 1.29 is 24.5 Å². The molecule has 0 aromatic rings. The molecule has 6 nitrogen and oxygen atoms in total. The zero-order chi connectivity index (χ0) is 55.7. The molecule has 0 bridgehead atoms. The van der Waals surface area contributed by atoms with Gasteiger partial charge in [0.25, 0.3) is 0 Å². The van der Waals surface area contributed by atoms with Gasteiger partial charge in [-0.3, -0.25) is 9.59 Å². The lowest BCUT2D eigenvalue weighted by Crippen LogP contribution is -2.45. The summed E-state index contributed by atoms with van der Waals surface area (Å²) in [5.74, 6) is -0.0549. The van der Waals surface area contributed by atoms with Crippen LogP contribution < -0.4 is 5.32 Å². The Labute approximate surface area is 481 Å². The van der Waals surface area contributed by atoms with Crippen LogP contribution in [0.1, 0.15) is 380 Å². The van der Waals surface area contributed by atoms with Crippen LogP contribution in [0.15, 0.2) is 36.5 Å². The maximum atomic E-state index is 12.5. The molecule has 2 atom stereocenters. The maximum absolute atomic E-state index is 12.5. The van der Waals surface area contributed by atoms with Gasteiger partial charge in [0.05, 0.1) is 25.4 Å². The Hall–Kier alpha value is -1.92. The Morgan fingerprint density at radius 2 is 0.610 bits per heavy atom. The average molecular weight is 1080 g/mol. The van der Waals surface area contributed by atoms with E-state index in [9.17, 15) is 19.8 Å². The number of carbonyl (C=O) groups excluding carboxylic acids is 2. The highest BCUT2D eigenvalue weighted by Gasteiger charge is 2.18. The zero-order valence-corrected chi connectivity index (χ0v) is 52.0. The van der Waals surface area contributed by atoms with E-state index in [2.05, 4.69) is 43.5 Å². The fraction of sp³-hybridized carbons (Fsp3) is 0.887. The van der Waals surface area contributed by atoms with Gasteiger partial charge in [-0.2, -0.15) is 0 Å². The van der Waals surface area contributed by atoms with E-state index in [0.717, 1.165) is 44.9 Å². The molecule has 0 spiro atoms. The van der Waals surface area contributed by atoms with Crippen molar-refractivity contribution in [3.05, 3.63) is 36.5 Å². The summed E-state index contributed by atoms with van der Waals surface area (Å²) >= 11 is 0. The van der Waals surface area contributed by atoms with Gasteiger partial charge in [-0.25, -0.2) is 0 Å². The number of nitrogens with one attached hydrogen (secondary N) is 1. The molecule has 0 aliphatic rings. The van der Waals surface area contributed by atoms with Crippen LogP contribution in [0.25, 0.3) is 0 Å². The minimum Gasteiger partial charge on any atom is -0.466 e. The number of aliphatic hydroxyl groups excluding tert-OH is 2. The van der Waals surface area contributed by atoms with Crippen molar-refractivity contribution in [2.24, 2.45) is 0 Å². The van der Waals surface area contributed by atoms with Crippen LogP contribution in [0.5, 0.6) is 0 Å². The molecule has 0 aromatic carbocycles. The minimum atomic E-state index is -0.843. The largest absolute Gasteiger partial charge is 0.466 e. The molecule has 3 N–H and O–H groups in total. The van der Waals surface area contributed by atoms with Crippen molar-refractivity contribution in [2.45, 2.75) is 392 Å². The van der Waals surface area contributed by atoms with Crippen LogP contribution in [0.2, 0.25) is 0 Å².